The van der Waals surface area contributed by atoms with Crippen molar-refractivity contribution < 1.29 is 5.11 Å². The van der Waals surface area contributed by atoms with Crippen LogP contribution in [0.4, 0.5) is 5.69 Å². The highest BCUT2D eigenvalue weighted by molar-refractivity contribution is 6.32. The largest absolute Gasteiger partial charge is 0.506 e. The van der Waals surface area contributed by atoms with Gasteiger partial charge in [-0.3, -0.25) is 4.79 Å². The standard InChI is InChI=1S/C14H15ClN2O2/c1-2-17-9-11(4-6-14(17)19)16-8-10-3-5-13(18)12(15)7-10/h3-7,9,16,18H,2,8H2,1H3. The van der Waals surface area contributed by atoms with Gasteiger partial charge in [0.25, 0.3) is 5.56 Å². The summed E-state index contributed by atoms with van der Waals surface area (Å²) >= 11 is 5.84. The summed E-state index contributed by atoms with van der Waals surface area (Å²) in [6.45, 7) is 3.13. The number of phenolic OH excluding ortho intramolecular Hbond substituents is 1. The van der Waals surface area contributed by atoms with E-state index in [1.165, 1.54) is 6.07 Å². The second kappa shape index (κ2) is 5.80. The second-order valence-electron chi connectivity index (χ2n) is 4.18. The Kier molecular flexibility index (Phi) is 4.12. The third-order valence-electron chi connectivity index (χ3n) is 2.83. The number of aryl methyl sites for hydroxylation is 1. The van der Waals surface area contributed by atoms with Crippen LogP contribution in [0.3, 0.4) is 0 Å². The van der Waals surface area contributed by atoms with Gasteiger partial charge >= 0.3 is 0 Å². The van der Waals surface area contributed by atoms with Crippen LogP contribution in [0.15, 0.2) is 41.3 Å². The van der Waals surface area contributed by atoms with Crippen LogP contribution in [-0.2, 0) is 13.1 Å². The van der Waals surface area contributed by atoms with Gasteiger partial charge < -0.3 is 15.0 Å². The van der Waals surface area contributed by atoms with Crippen molar-refractivity contribution in [2.45, 2.75) is 20.0 Å². The zero-order valence-electron chi connectivity index (χ0n) is 10.6. The number of hydrogen-bond acceptors (Lipinski definition) is 3. The number of aromatic hydroxyl groups is 1. The Hall–Kier alpha value is -1.94. The third kappa shape index (κ3) is 3.29. The summed E-state index contributed by atoms with van der Waals surface area (Å²) in [5.74, 6) is 0.0740. The minimum atomic E-state index is -0.0132. The highest BCUT2D eigenvalue weighted by atomic mass is 35.5. The molecule has 5 heteroatoms. The van der Waals surface area contributed by atoms with E-state index in [4.69, 9.17) is 11.6 Å². The molecule has 0 unspecified atom stereocenters. The van der Waals surface area contributed by atoms with Crippen LogP contribution in [-0.4, -0.2) is 9.67 Å². The van der Waals surface area contributed by atoms with Crippen LogP contribution < -0.4 is 10.9 Å². The van der Waals surface area contributed by atoms with E-state index >= 15 is 0 Å². The van der Waals surface area contributed by atoms with Crippen LogP contribution in [0.25, 0.3) is 0 Å². The van der Waals surface area contributed by atoms with Gasteiger partial charge in [0.05, 0.1) is 10.7 Å². The molecule has 1 aromatic carbocycles. The maximum absolute atomic E-state index is 11.4. The molecule has 1 heterocycles. The van der Waals surface area contributed by atoms with E-state index in [1.54, 1.807) is 35.0 Å². The minimum absolute atomic E-state index is 0.0132. The highest BCUT2D eigenvalue weighted by Gasteiger charge is 2.01. The first-order valence-corrected chi connectivity index (χ1v) is 6.39. The number of aromatic nitrogens is 1. The molecular weight excluding hydrogens is 264 g/mol. The number of nitrogens with one attached hydrogen (secondary N) is 1. The first-order valence-electron chi connectivity index (χ1n) is 6.02. The quantitative estimate of drug-likeness (QED) is 0.904. The molecule has 100 valence electrons. The van der Waals surface area contributed by atoms with E-state index in [1.807, 2.05) is 6.92 Å². The highest BCUT2D eigenvalue weighted by Crippen LogP contribution is 2.23. The van der Waals surface area contributed by atoms with E-state index in [0.717, 1.165) is 11.3 Å². The van der Waals surface area contributed by atoms with Gasteiger partial charge in [0, 0.05) is 25.4 Å². The maximum atomic E-state index is 11.4. The summed E-state index contributed by atoms with van der Waals surface area (Å²) in [4.78, 5) is 11.4. The van der Waals surface area contributed by atoms with Crippen molar-refractivity contribution in [3.8, 4) is 5.75 Å². The van der Waals surface area contributed by atoms with E-state index < -0.39 is 0 Å². The van der Waals surface area contributed by atoms with Gasteiger partial charge in [0.15, 0.2) is 0 Å². The van der Waals surface area contributed by atoms with Gasteiger partial charge in [0.2, 0.25) is 0 Å². The van der Waals surface area contributed by atoms with Gasteiger partial charge in [-0.15, -0.1) is 0 Å². The van der Waals surface area contributed by atoms with Crippen LogP contribution in [0, 0.1) is 0 Å². The molecule has 19 heavy (non-hydrogen) atoms. The summed E-state index contributed by atoms with van der Waals surface area (Å²) < 4.78 is 1.63. The summed E-state index contributed by atoms with van der Waals surface area (Å²) in [5.41, 5.74) is 1.81. The summed E-state index contributed by atoms with van der Waals surface area (Å²) in [7, 11) is 0. The number of rotatable bonds is 4. The van der Waals surface area contributed by atoms with Crippen molar-refractivity contribution in [3.05, 3.63) is 57.5 Å². The molecule has 0 aliphatic heterocycles. The van der Waals surface area contributed by atoms with Crippen molar-refractivity contribution in [2.24, 2.45) is 0 Å². The van der Waals surface area contributed by atoms with Crippen LogP contribution >= 0.6 is 11.6 Å². The van der Waals surface area contributed by atoms with Crippen molar-refractivity contribution in [2.75, 3.05) is 5.32 Å². The Labute approximate surface area is 116 Å². The molecule has 0 aliphatic carbocycles. The fraction of sp³-hybridized carbons (Fsp3) is 0.214. The predicted molar refractivity (Wildman–Crippen MR) is 76.8 cm³/mol. The molecule has 2 N–H and O–H groups in total. The van der Waals surface area contributed by atoms with Crippen molar-refractivity contribution in [1.82, 2.24) is 4.57 Å². The average molecular weight is 279 g/mol. The van der Waals surface area contributed by atoms with Crippen LogP contribution in [0.2, 0.25) is 5.02 Å². The van der Waals surface area contributed by atoms with Crippen molar-refractivity contribution in [3.63, 3.8) is 0 Å². The Morgan fingerprint density at radius 2 is 2.11 bits per heavy atom. The molecule has 0 radical (unpaired) electrons. The summed E-state index contributed by atoms with van der Waals surface area (Å²) in [5, 5.41) is 12.9. The molecule has 2 rings (SSSR count). The molecule has 0 amide bonds. The SMILES string of the molecule is CCn1cc(NCc2ccc(O)c(Cl)c2)ccc1=O. The number of hydrogen-bond donors (Lipinski definition) is 2. The fourth-order valence-corrected chi connectivity index (χ4v) is 1.95. The molecule has 0 aliphatic rings. The molecule has 1 aromatic heterocycles. The molecule has 4 nitrogen and oxygen atoms in total. The Morgan fingerprint density at radius 3 is 2.79 bits per heavy atom. The molecule has 0 saturated heterocycles. The van der Waals surface area contributed by atoms with Gasteiger partial charge in [-0.1, -0.05) is 17.7 Å². The fourth-order valence-electron chi connectivity index (χ4n) is 1.75. The third-order valence-corrected chi connectivity index (χ3v) is 3.14. The van der Waals surface area contributed by atoms with Crippen molar-refractivity contribution in [1.29, 1.82) is 0 Å². The van der Waals surface area contributed by atoms with E-state index in [9.17, 15) is 9.90 Å². The summed E-state index contributed by atoms with van der Waals surface area (Å²) in [6.07, 6.45) is 1.78. The molecule has 0 spiro atoms. The van der Waals surface area contributed by atoms with Crippen molar-refractivity contribution >= 4 is 17.3 Å². The normalized spacial score (nSPS) is 10.4. The predicted octanol–water partition coefficient (Wildman–Crippen LogP) is 2.84. The zero-order chi connectivity index (χ0) is 13.8. The number of anilines is 1. The number of halogens is 1. The molecular formula is C14H15ClN2O2. The van der Waals surface area contributed by atoms with Gasteiger partial charge in [-0.05, 0) is 30.7 Å². The average Bonchev–Trinajstić information content (AvgIpc) is 2.41. The van der Waals surface area contributed by atoms with E-state index in [0.29, 0.717) is 18.1 Å². The lowest BCUT2D eigenvalue weighted by Gasteiger charge is -2.09. The lowest BCUT2D eigenvalue weighted by Crippen LogP contribution is -2.17. The smallest absolute Gasteiger partial charge is 0.250 e. The molecule has 0 fully saturated rings. The lowest BCUT2D eigenvalue weighted by molar-refractivity contribution is 0.475. The minimum Gasteiger partial charge on any atom is -0.506 e. The van der Waals surface area contributed by atoms with E-state index in [-0.39, 0.29) is 11.3 Å². The second-order valence-corrected chi connectivity index (χ2v) is 4.59. The molecule has 0 bridgehead atoms. The first kappa shape index (κ1) is 13.5. The van der Waals surface area contributed by atoms with Gasteiger partial charge in [-0.25, -0.2) is 0 Å². The number of phenols is 1. The Morgan fingerprint density at radius 1 is 1.32 bits per heavy atom. The number of pyridine rings is 1. The monoisotopic (exact) mass is 278 g/mol. The van der Waals surface area contributed by atoms with Gasteiger partial charge in [-0.2, -0.15) is 0 Å². The molecule has 2 aromatic rings. The lowest BCUT2D eigenvalue weighted by atomic mass is 10.2. The number of nitrogens with zero attached hydrogens (tertiary/aromatic N) is 1. The van der Waals surface area contributed by atoms with E-state index in [2.05, 4.69) is 5.32 Å². The Bertz CT molecular complexity index is 638. The van der Waals surface area contributed by atoms with Gasteiger partial charge in [0.1, 0.15) is 5.75 Å². The topological polar surface area (TPSA) is 54.3 Å². The number of benzene rings is 1. The van der Waals surface area contributed by atoms with Crippen LogP contribution in [0.5, 0.6) is 5.75 Å². The Balaban J connectivity index is 2.10. The zero-order valence-corrected chi connectivity index (χ0v) is 11.3. The van der Waals surface area contributed by atoms with Crippen LogP contribution in [0.1, 0.15) is 12.5 Å². The first-order chi connectivity index (χ1) is 9.10. The molecule has 0 atom stereocenters. The molecule has 0 saturated carbocycles. The maximum Gasteiger partial charge on any atom is 0.250 e. The summed E-state index contributed by atoms with van der Waals surface area (Å²) in [6, 6.07) is 8.35.